The van der Waals surface area contributed by atoms with Crippen molar-refractivity contribution in [1.29, 1.82) is 0 Å². The zero-order chi connectivity index (χ0) is 19.7. The topological polar surface area (TPSA) is 97.2 Å². The van der Waals surface area contributed by atoms with Crippen molar-refractivity contribution in [3.05, 3.63) is 63.7 Å². The van der Waals surface area contributed by atoms with Gasteiger partial charge in [-0.25, -0.2) is 9.78 Å². The summed E-state index contributed by atoms with van der Waals surface area (Å²) >= 11 is 0. The fourth-order valence-corrected chi connectivity index (χ4v) is 4.37. The average molecular weight is 387 g/mol. The maximum atomic E-state index is 12.9. The Morgan fingerprint density at radius 2 is 2.07 bits per heavy atom. The predicted molar refractivity (Wildman–Crippen MR) is 107 cm³/mol. The minimum Gasteiger partial charge on any atom is -0.477 e. The second kappa shape index (κ2) is 5.78. The number of carboxylic acids is 1. The molecule has 7 nitrogen and oxygen atoms in total. The van der Waals surface area contributed by atoms with Crippen molar-refractivity contribution >= 4 is 27.9 Å². The van der Waals surface area contributed by atoms with Gasteiger partial charge in [0.05, 0.1) is 36.1 Å². The number of hydrogen-bond donors (Lipinski definition) is 2. The second-order valence-corrected chi connectivity index (χ2v) is 7.73. The van der Waals surface area contributed by atoms with E-state index >= 15 is 0 Å². The number of aromatic carboxylic acids is 1. The lowest BCUT2D eigenvalue weighted by molar-refractivity contribution is 0.0695. The van der Waals surface area contributed by atoms with Gasteiger partial charge in [0.25, 0.3) is 0 Å². The van der Waals surface area contributed by atoms with Crippen LogP contribution < -0.4 is 5.43 Å². The molecule has 0 saturated heterocycles. The summed E-state index contributed by atoms with van der Waals surface area (Å²) in [6.45, 7) is 0.822. The smallest absolute Gasteiger partial charge is 0.341 e. The Morgan fingerprint density at radius 1 is 1.21 bits per heavy atom. The number of pyridine rings is 1. The molecule has 2 aliphatic rings. The molecular formula is C22H17N3O4. The van der Waals surface area contributed by atoms with Crippen molar-refractivity contribution in [2.75, 3.05) is 0 Å². The van der Waals surface area contributed by atoms with Crippen LogP contribution in [0.1, 0.15) is 40.4 Å². The van der Waals surface area contributed by atoms with Crippen LogP contribution >= 0.6 is 0 Å². The molecule has 2 N–H and O–H groups in total. The summed E-state index contributed by atoms with van der Waals surface area (Å²) in [7, 11) is 0. The van der Waals surface area contributed by atoms with Gasteiger partial charge in [-0.2, -0.15) is 0 Å². The molecule has 144 valence electrons. The fraction of sp³-hybridized carbons (Fsp3) is 0.227. The molecule has 0 spiro atoms. The summed E-state index contributed by atoms with van der Waals surface area (Å²) in [5, 5.41) is 9.93. The molecule has 0 amide bonds. The normalized spacial score (nSPS) is 15.9. The second-order valence-electron chi connectivity index (χ2n) is 7.73. The number of carbonyl (C=O) groups is 1. The molecule has 2 aromatic heterocycles. The van der Waals surface area contributed by atoms with Crippen LogP contribution in [0.5, 0.6) is 0 Å². The van der Waals surface area contributed by atoms with E-state index < -0.39 is 11.4 Å². The van der Waals surface area contributed by atoms with Crippen LogP contribution in [0.25, 0.3) is 33.1 Å². The first-order chi connectivity index (χ1) is 14.1. The molecule has 6 rings (SSSR count). The molecule has 0 unspecified atom stereocenters. The Morgan fingerprint density at radius 3 is 2.86 bits per heavy atom. The first-order valence-electron chi connectivity index (χ1n) is 9.60. The quantitative estimate of drug-likeness (QED) is 0.548. The van der Waals surface area contributed by atoms with Crippen LogP contribution in [-0.2, 0) is 18.0 Å². The van der Waals surface area contributed by atoms with Crippen LogP contribution in [0.2, 0.25) is 0 Å². The minimum absolute atomic E-state index is 0.183. The summed E-state index contributed by atoms with van der Waals surface area (Å²) in [6.07, 6.45) is 5.13. The van der Waals surface area contributed by atoms with Crippen molar-refractivity contribution in [1.82, 2.24) is 14.5 Å². The van der Waals surface area contributed by atoms with E-state index in [4.69, 9.17) is 4.74 Å². The number of nitrogens with zero attached hydrogens (tertiary/aromatic N) is 2. The van der Waals surface area contributed by atoms with Crippen LogP contribution in [0.15, 0.2) is 41.6 Å². The minimum atomic E-state index is -1.19. The third-order valence-corrected chi connectivity index (χ3v) is 5.91. The first kappa shape index (κ1) is 16.5. The van der Waals surface area contributed by atoms with E-state index in [0.29, 0.717) is 18.6 Å². The predicted octanol–water partition coefficient (Wildman–Crippen LogP) is 3.61. The van der Waals surface area contributed by atoms with Gasteiger partial charge in [0, 0.05) is 23.2 Å². The molecule has 0 radical (unpaired) electrons. The largest absolute Gasteiger partial charge is 0.477 e. The Balaban J connectivity index is 1.72. The molecule has 1 saturated carbocycles. The number of aromatic nitrogens is 3. The van der Waals surface area contributed by atoms with E-state index in [-0.39, 0.29) is 11.6 Å². The zero-order valence-electron chi connectivity index (χ0n) is 15.4. The number of carboxylic acid groups (broad SMARTS) is 1. The van der Waals surface area contributed by atoms with Crippen LogP contribution in [0.4, 0.5) is 0 Å². The Kier molecular flexibility index (Phi) is 3.29. The Bertz CT molecular complexity index is 1390. The van der Waals surface area contributed by atoms with Gasteiger partial charge in [-0.05, 0) is 47.7 Å². The molecule has 1 fully saturated rings. The lowest BCUT2D eigenvalue weighted by Crippen LogP contribution is -2.19. The highest BCUT2D eigenvalue weighted by Crippen LogP contribution is 2.41. The summed E-state index contributed by atoms with van der Waals surface area (Å²) in [6, 6.07) is 7.99. The number of benzene rings is 2. The lowest BCUT2D eigenvalue weighted by Gasteiger charge is -2.17. The van der Waals surface area contributed by atoms with Crippen LogP contribution in [0.3, 0.4) is 0 Å². The monoisotopic (exact) mass is 387 g/mol. The summed E-state index contributed by atoms with van der Waals surface area (Å²) < 4.78 is 7.96. The fourth-order valence-electron chi connectivity index (χ4n) is 4.37. The van der Waals surface area contributed by atoms with E-state index in [9.17, 15) is 14.7 Å². The summed E-state index contributed by atoms with van der Waals surface area (Å²) in [5.41, 5.74) is 6.02. The molecule has 29 heavy (non-hydrogen) atoms. The first-order valence-corrected chi connectivity index (χ1v) is 9.60. The number of rotatable bonds is 2. The third-order valence-electron chi connectivity index (χ3n) is 5.91. The maximum absolute atomic E-state index is 12.9. The molecule has 2 aromatic carbocycles. The van der Waals surface area contributed by atoms with Gasteiger partial charge in [-0.15, -0.1) is 0 Å². The molecule has 0 atom stereocenters. The Hall–Kier alpha value is -3.45. The number of imidazole rings is 1. The highest BCUT2D eigenvalue weighted by molar-refractivity contribution is 5.97. The van der Waals surface area contributed by atoms with Gasteiger partial charge < -0.3 is 19.4 Å². The maximum Gasteiger partial charge on any atom is 0.341 e. The van der Waals surface area contributed by atoms with E-state index in [1.165, 1.54) is 6.20 Å². The van der Waals surface area contributed by atoms with Crippen molar-refractivity contribution < 1.29 is 14.6 Å². The number of nitrogens with one attached hydrogen (secondary N) is 1. The SMILES string of the molecule is O=C(O)c1cn(C2CC2)c2c3c(ccc2c1=O)-c1cc2nc[nH]c2cc1COC3. The van der Waals surface area contributed by atoms with E-state index in [1.807, 2.05) is 16.7 Å². The van der Waals surface area contributed by atoms with Crippen molar-refractivity contribution in [3.8, 4) is 11.1 Å². The van der Waals surface area contributed by atoms with Gasteiger partial charge >= 0.3 is 5.97 Å². The van der Waals surface area contributed by atoms with Gasteiger partial charge in [-0.1, -0.05) is 6.07 Å². The molecule has 1 aliphatic carbocycles. The molecule has 7 heteroatoms. The number of hydrogen-bond acceptors (Lipinski definition) is 4. The average Bonchev–Trinajstić information content (AvgIpc) is 3.47. The number of aromatic amines is 1. The summed E-state index contributed by atoms with van der Waals surface area (Å²) in [4.78, 5) is 32.0. The number of ether oxygens (including phenoxy) is 1. The van der Waals surface area contributed by atoms with E-state index in [2.05, 4.69) is 16.0 Å². The highest BCUT2D eigenvalue weighted by Gasteiger charge is 2.29. The molecule has 1 aliphatic heterocycles. The summed E-state index contributed by atoms with van der Waals surface area (Å²) in [5.74, 6) is -1.19. The van der Waals surface area contributed by atoms with Crippen molar-refractivity contribution in [2.45, 2.75) is 32.1 Å². The van der Waals surface area contributed by atoms with Gasteiger partial charge in [0.2, 0.25) is 5.43 Å². The number of H-pyrrole nitrogens is 1. The molecule has 4 aromatic rings. The van der Waals surface area contributed by atoms with Crippen LogP contribution in [-0.4, -0.2) is 25.6 Å². The zero-order valence-corrected chi connectivity index (χ0v) is 15.4. The number of fused-ring (bicyclic) bond motifs is 6. The van der Waals surface area contributed by atoms with Crippen molar-refractivity contribution in [3.63, 3.8) is 0 Å². The van der Waals surface area contributed by atoms with E-state index in [1.54, 1.807) is 12.4 Å². The lowest BCUT2D eigenvalue weighted by atomic mass is 9.93. The highest BCUT2D eigenvalue weighted by atomic mass is 16.5. The molecule has 3 heterocycles. The molecular weight excluding hydrogens is 370 g/mol. The van der Waals surface area contributed by atoms with Gasteiger partial charge in [0.15, 0.2) is 0 Å². The molecule has 0 bridgehead atoms. The van der Waals surface area contributed by atoms with Gasteiger partial charge in [0.1, 0.15) is 5.56 Å². The van der Waals surface area contributed by atoms with Gasteiger partial charge in [-0.3, -0.25) is 4.79 Å². The Labute approximate surface area is 164 Å². The standard InChI is InChI=1S/C22H17N3O4/c26-21-14-4-3-13-15-6-19-18(23-10-24-19)5-11(15)8-29-9-17(13)20(14)25(12-1-2-12)7-16(21)22(27)28/h3-7,10,12H,1-2,8-9H2,(H,23,24)(H,27,28). The van der Waals surface area contributed by atoms with Crippen molar-refractivity contribution in [2.24, 2.45) is 0 Å². The van der Waals surface area contributed by atoms with E-state index in [0.717, 1.165) is 51.6 Å². The third kappa shape index (κ3) is 2.37. The van der Waals surface area contributed by atoms with Crippen LogP contribution in [0, 0.1) is 0 Å².